The van der Waals surface area contributed by atoms with Gasteiger partial charge < -0.3 is 0 Å². The first-order valence-electron chi connectivity index (χ1n) is 7.92. The molecule has 0 heterocycles. The van der Waals surface area contributed by atoms with Crippen molar-refractivity contribution in [2.24, 2.45) is 0 Å². The molecule has 0 radical (unpaired) electrons. The zero-order valence-electron chi connectivity index (χ0n) is 13.4. The van der Waals surface area contributed by atoms with Gasteiger partial charge in [-0.2, -0.15) is 0 Å². The predicted octanol–water partition coefficient (Wildman–Crippen LogP) is 6.07. The molecule has 0 saturated carbocycles. The van der Waals surface area contributed by atoms with E-state index in [1.807, 2.05) is 0 Å². The van der Waals surface area contributed by atoms with Gasteiger partial charge in [-0.15, -0.1) is 0 Å². The van der Waals surface area contributed by atoms with Crippen LogP contribution in [-0.2, 0) is 0 Å². The summed E-state index contributed by atoms with van der Waals surface area (Å²) in [6.07, 6.45) is 4.84. The second kappa shape index (κ2) is 5.21. The third-order valence-corrected chi connectivity index (χ3v) is 6.45. The largest absolute Gasteiger partial charge is 0.0854 e. The number of rotatable bonds is 2. The summed E-state index contributed by atoms with van der Waals surface area (Å²) in [6, 6.07) is 17.9. The first-order valence-corrected chi connectivity index (χ1v) is 10.2. The molecule has 0 aromatic heterocycles. The van der Waals surface area contributed by atoms with Crippen molar-refractivity contribution in [3.63, 3.8) is 0 Å². The quantitative estimate of drug-likeness (QED) is 0.591. The summed E-state index contributed by atoms with van der Waals surface area (Å²) in [4.78, 5) is 0. The Labute approximate surface area is 134 Å². The summed E-state index contributed by atoms with van der Waals surface area (Å²) in [6.45, 7) is 7.08. The molecular weight excluding hydrogens is 283 g/mol. The molecule has 4 rings (SSSR count). The highest BCUT2D eigenvalue weighted by atomic mass is 31.1. The molecule has 1 heteroatoms. The lowest BCUT2D eigenvalue weighted by atomic mass is 9.81. The van der Waals surface area contributed by atoms with Crippen LogP contribution >= 0.6 is 7.92 Å². The van der Waals surface area contributed by atoms with E-state index in [4.69, 9.17) is 0 Å². The summed E-state index contributed by atoms with van der Waals surface area (Å²) in [5.74, 6) is 1.04. The molecule has 2 aromatic carbocycles. The number of hydrogen-bond acceptors (Lipinski definition) is 0. The van der Waals surface area contributed by atoms with Crippen molar-refractivity contribution in [2.75, 3.05) is 13.3 Å². The molecule has 2 atom stereocenters. The molecule has 0 bridgehead atoms. The van der Waals surface area contributed by atoms with Crippen molar-refractivity contribution in [1.82, 2.24) is 0 Å². The van der Waals surface area contributed by atoms with E-state index in [9.17, 15) is 0 Å². The highest BCUT2D eigenvalue weighted by Crippen LogP contribution is 2.59. The summed E-state index contributed by atoms with van der Waals surface area (Å²) in [5, 5.41) is 1.64. The second-order valence-corrected chi connectivity index (χ2v) is 8.87. The van der Waals surface area contributed by atoms with Gasteiger partial charge in [0.05, 0.1) is 0 Å². The summed E-state index contributed by atoms with van der Waals surface area (Å²) in [7, 11) is -0.0778. The van der Waals surface area contributed by atoms with Gasteiger partial charge >= 0.3 is 0 Å². The van der Waals surface area contributed by atoms with Crippen molar-refractivity contribution in [2.45, 2.75) is 18.8 Å². The number of allylic oxidation sites excluding steroid dienone is 2. The minimum atomic E-state index is -0.0778. The summed E-state index contributed by atoms with van der Waals surface area (Å²) in [5.41, 5.74) is 7.36. The van der Waals surface area contributed by atoms with Gasteiger partial charge in [-0.1, -0.05) is 74.2 Å². The molecule has 110 valence electrons. The van der Waals surface area contributed by atoms with Crippen molar-refractivity contribution in [1.29, 1.82) is 0 Å². The summed E-state index contributed by atoms with van der Waals surface area (Å²) < 4.78 is 0. The van der Waals surface area contributed by atoms with Gasteiger partial charge in [-0.25, -0.2) is 0 Å². The molecule has 2 aromatic rings. The number of fused-ring (bicyclic) bond motifs is 2. The van der Waals surface area contributed by atoms with Gasteiger partial charge in [0.1, 0.15) is 0 Å². The standard InChI is InChI=1S/C21H21P/c1-14-12-15-8-4-6-10-17(15)20(14)21-18-11-7-5-9-16(18)13-19(21)22(2)3/h4-13,20-21H,1-3H3. The minimum absolute atomic E-state index is 0.0778. The number of hydrogen-bond donors (Lipinski definition) is 0. The van der Waals surface area contributed by atoms with Crippen molar-refractivity contribution in [3.8, 4) is 0 Å². The van der Waals surface area contributed by atoms with Gasteiger partial charge in [0.2, 0.25) is 0 Å². The van der Waals surface area contributed by atoms with Crippen molar-refractivity contribution < 1.29 is 0 Å². The maximum absolute atomic E-state index is 2.46. The van der Waals surface area contributed by atoms with E-state index in [-0.39, 0.29) is 7.92 Å². The fourth-order valence-corrected chi connectivity index (χ4v) is 5.28. The second-order valence-electron chi connectivity index (χ2n) is 6.57. The first-order chi connectivity index (χ1) is 10.7. The van der Waals surface area contributed by atoms with Gasteiger partial charge in [0.25, 0.3) is 0 Å². The zero-order chi connectivity index (χ0) is 15.3. The molecule has 2 unspecified atom stereocenters. The lowest BCUT2D eigenvalue weighted by Gasteiger charge is -2.28. The van der Waals surface area contributed by atoms with E-state index in [0.29, 0.717) is 11.8 Å². The fraction of sp³-hybridized carbons (Fsp3) is 0.238. The fourth-order valence-electron chi connectivity index (χ4n) is 4.04. The highest BCUT2D eigenvalue weighted by Gasteiger charge is 2.37. The highest BCUT2D eigenvalue weighted by molar-refractivity contribution is 7.60. The van der Waals surface area contributed by atoms with Gasteiger partial charge in [0, 0.05) is 11.8 Å². The van der Waals surface area contributed by atoms with Gasteiger partial charge in [-0.3, -0.25) is 0 Å². The van der Waals surface area contributed by atoms with Crippen LogP contribution in [0.15, 0.2) is 59.4 Å². The molecule has 0 nitrogen and oxygen atoms in total. The molecule has 0 fully saturated rings. The van der Waals surface area contributed by atoms with Crippen molar-refractivity contribution >= 4 is 20.1 Å². The van der Waals surface area contributed by atoms with E-state index in [1.54, 1.807) is 5.31 Å². The van der Waals surface area contributed by atoms with Gasteiger partial charge in [-0.05, 0) is 47.8 Å². The molecule has 2 aliphatic rings. The van der Waals surface area contributed by atoms with Crippen LogP contribution in [0.1, 0.15) is 41.0 Å². The van der Waals surface area contributed by atoms with E-state index < -0.39 is 0 Å². The SMILES string of the molecule is CC1=Cc2ccccc2C1C1C(P(C)C)=Cc2ccccc21. The monoisotopic (exact) mass is 304 g/mol. The van der Waals surface area contributed by atoms with E-state index in [2.05, 4.69) is 80.9 Å². The Morgan fingerprint density at radius 1 is 0.727 bits per heavy atom. The molecule has 0 aliphatic heterocycles. The zero-order valence-corrected chi connectivity index (χ0v) is 14.3. The minimum Gasteiger partial charge on any atom is -0.0854 e. The average molecular weight is 304 g/mol. The molecule has 2 aliphatic carbocycles. The van der Waals surface area contributed by atoms with Crippen LogP contribution in [0.2, 0.25) is 0 Å². The van der Waals surface area contributed by atoms with E-state index in [0.717, 1.165) is 0 Å². The Bertz CT molecular complexity index is 795. The Hall–Kier alpha value is -1.65. The van der Waals surface area contributed by atoms with Crippen LogP contribution in [0.3, 0.4) is 0 Å². The number of benzene rings is 2. The van der Waals surface area contributed by atoms with Gasteiger partial charge in [0.15, 0.2) is 0 Å². The molecule has 0 spiro atoms. The molecule has 22 heavy (non-hydrogen) atoms. The Morgan fingerprint density at radius 3 is 1.91 bits per heavy atom. The topological polar surface area (TPSA) is 0 Å². The van der Waals surface area contributed by atoms with E-state index in [1.165, 1.54) is 27.8 Å². The van der Waals surface area contributed by atoms with Crippen LogP contribution in [0.4, 0.5) is 0 Å². The van der Waals surface area contributed by atoms with Crippen molar-refractivity contribution in [3.05, 3.63) is 81.7 Å². The van der Waals surface area contributed by atoms with E-state index >= 15 is 0 Å². The van der Waals surface area contributed by atoms with Crippen LogP contribution < -0.4 is 0 Å². The molecule has 0 saturated heterocycles. The predicted molar refractivity (Wildman–Crippen MR) is 98.8 cm³/mol. The maximum Gasteiger partial charge on any atom is 0.0206 e. The first kappa shape index (κ1) is 14.0. The molecule has 0 N–H and O–H groups in total. The smallest absolute Gasteiger partial charge is 0.0206 e. The lowest BCUT2D eigenvalue weighted by molar-refractivity contribution is 0.714. The lowest BCUT2D eigenvalue weighted by Crippen LogP contribution is -2.11. The molecule has 0 amide bonds. The Morgan fingerprint density at radius 2 is 1.27 bits per heavy atom. The van der Waals surface area contributed by atoms with Crippen LogP contribution in [0.25, 0.3) is 12.2 Å². The maximum atomic E-state index is 2.46. The third-order valence-electron chi connectivity index (χ3n) is 5.01. The third kappa shape index (κ3) is 2.02. The Balaban J connectivity index is 1.88. The summed E-state index contributed by atoms with van der Waals surface area (Å²) >= 11 is 0. The Kier molecular flexibility index (Phi) is 3.31. The van der Waals surface area contributed by atoms with Crippen LogP contribution in [0.5, 0.6) is 0 Å². The van der Waals surface area contributed by atoms with Crippen LogP contribution in [-0.4, -0.2) is 13.3 Å². The normalized spacial score (nSPS) is 22.4. The van der Waals surface area contributed by atoms with Crippen LogP contribution in [0, 0.1) is 0 Å². The average Bonchev–Trinajstić information content (AvgIpc) is 3.04. The molecular formula is C21H21P.